The Bertz CT molecular complexity index is 506. The maximum Gasteiger partial charge on any atom is 0.203 e. The first-order valence-electron chi connectivity index (χ1n) is 6.23. The van der Waals surface area contributed by atoms with Gasteiger partial charge in [-0.25, -0.2) is 0 Å². The van der Waals surface area contributed by atoms with Crippen LogP contribution in [0.2, 0.25) is 0 Å². The molecule has 0 saturated carbocycles. The molecule has 0 spiro atoms. The monoisotopic (exact) mass is 277 g/mol. The van der Waals surface area contributed by atoms with Gasteiger partial charge in [-0.1, -0.05) is 13.8 Å². The number of ether oxygens (including phenoxy) is 3. The molecule has 0 heterocycles. The van der Waals surface area contributed by atoms with Crippen molar-refractivity contribution in [1.82, 2.24) is 0 Å². The molecular formula is C15H19NO4. The lowest BCUT2D eigenvalue weighted by Gasteiger charge is -2.16. The zero-order valence-corrected chi connectivity index (χ0v) is 12.4. The summed E-state index contributed by atoms with van der Waals surface area (Å²) in [6.07, 6.45) is 0. The Morgan fingerprint density at radius 2 is 1.60 bits per heavy atom. The van der Waals surface area contributed by atoms with Crippen molar-refractivity contribution in [3.05, 3.63) is 17.7 Å². The van der Waals surface area contributed by atoms with Crippen LogP contribution in [0.3, 0.4) is 0 Å². The zero-order valence-electron chi connectivity index (χ0n) is 12.4. The van der Waals surface area contributed by atoms with Gasteiger partial charge >= 0.3 is 0 Å². The van der Waals surface area contributed by atoms with Crippen LogP contribution in [-0.4, -0.2) is 27.1 Å². The van der Waals surface area contributed by atoms with Gasteiger partial charge in [0, 0.05) is 5.56 Å². The van der Waals surface area contributed by atoms with Crippen LogP contribution in [0.5, 0.6) is 17.2 Å². The minimum Gasteiger partial charge on any atom is -0.493 e. The number of methoxy groups -OCH3 is 3. The van der Waals surface area contributed by atoms with E-state index in [0.29, 0.717) is 22.8 Å². The molecule has 20 heavy (non-hydrogen) atoms. The highest BCUT2D eigenvalue weighted by Crippen LogP contribution is 2.39. The molecule has 0 fully saturated rings. The van der Waals surface area contributed by atoms with Gasteiger partial charge in [-0.3, -0.25) is 4.79 Å². The van der Waals surface area contributed by atoms with Crippen LogP contribution in [0, 0.1) is 23.2 Å². The normalized spacial score (nSPS) is 11.7. The molecule has 0 bridgehead atoms. The predicted molar refractivity (Wildman–Crippen MR) is 74.4 cm³/mol. The molecule has 0 aliphatic heterocycles. The second-order valence-corrected chi connectivity index (χ2v) is 4.63. The van der Waals surface area contributed by atoms with Crippen molar-refractivity contribution in [3.63, 3.8) is 0 Å². The van der Waals surface area contributed by atoms with Gasteiger partial charge in [-0.05, 0) is 18.1 Å². The van der Waals surface area contributed by atoms with Crippen LogP contribution >= 0.6 is 0 Å². The fourth-order valence-corrected chi connectivity index (χ4v) is 1.91. The number of nitriles is 1. The summed E-state index contributed by atoms with van der Waals surface area (Å²) in [5.41, 5.74) is 0.375. The number of rotatable bonds is 6. The topological polar surface area (TPSA) is 68.6 Å². The lowest BCUT2D eigenvalue weighted by atomic mass is 9.89. The third-order valence-electron chi connectivity index (χ3n) is 3.04. The van der Waals surface area contributed by atoms with Crippen LogP contribution in [0.4, 0.5) is 0 Å². The van der Waals surface area contributed by atoms with E-state index in [-0.39, 0.29) is 11.7 Å². The number of carbonyl (C=O) groups is 1. The lowest BCUT2D eigenvalue weighted by Crippen LogP contribution is -2.19. The Hall–Kier alpha value is -2.22. The second-order valence-electron chi connectivity index (χ2n) is 4.63. The van der Waals surface area contributed by atoms with Crippen LogP contribution in [0.15, 0.2) is 12.1 Å². The molecule has 5 heteroatoms. The summed E-state index contributed by atoms with van der Waals surface area (Å²) in [7, 11) is 4.46. The third-order valence-corrected chi connectivity index (χ3v) is 3.04. The Kier molecular flexibility index (Phi) is 5.39. The summed E-state index contributed by atoms with van der Waals surface area (Å²) >= 11 is 0. The largest absolute Gasteiger partial charge is 0.493 e. The number of hydrogen-bond donors (Lipinski definition) is 0. The van der Waals surface area contributed by atoms with E-state index in [1.165, 1.54) is 21.3 Å². The molecule has 1 unspecified atom stereocenters. The molecule has 0 amide bonds. The minimum atomic E-state index is -0.696. The summed E-state index contributed by atoms with van der Waals surface area (Å²) < 4.78 is 15.6. The first-order chi connectivity index (χ1) is 9.49. The average Bonchev–Trinajstić information content (AvgIpc) is 2.45. The highest BCUT2D eigenvalue weighted by Gasteiger charge is 2.25. The molecule has 1 aromatic carbocycles. The number of nitrogens with zero attached hydrogens (tertiary/aromatic N) is 1. The Labute approximate surface area is 119 Å². The van der Waals surface area contributed by atoms with Crippen LogP contribution < -0.4 is 14.2 Å². The van der Waals surface area contributed by atoms with Crippen molar-refractivity contribution >= 4 is 5.78 Å². The molecule has 0 radical (unpaired) electrons. The van der Waals surface area contributed by atoms with Crippen molar-refractivity contribution in [2.45, 2.75) is 13.8 Å². The van der Waals surface area contributed by atoms with Crippen molar-refractivity contribution in [1.29, 1.82) is 5.26 Å². The summed E-state index contributed by atoms with van der Waals surface area (Å²) in [4.78, 5) is 12.4. The summed E-state index contributed by atoms with van der Waals surface area (Å²) in [5, 5.41) is 9.12. The number of ketones is 1. The van der Waals surface area contributed by atoms with E-state index >= 15 is 0 Å². The van der Waals surface area contributed by atoms with Gasteiger partial charge in [-0.15, -0.1) is 0 Å². The maximum atomic E-state index is 12.4. The van der Waals surface area contributed by atoms with E-state index < -0.39 is 5.92 Å². The zero-order chi connectivity index (χ0) is 15.3. The smallest absolute Gasteiger partial charge is 0.203 e. The first kappa shape index (κ1) is 15.8. The number of carbonyl (C=O) groups excluding carboxylic acids is 1. The van der Waals surface area contributed by atoms with E-state index in [0.717, 1.165) is 0 Å². The van der Waals surface area contributed by atoms with Gasteiger partial charge < -0.3 is 14.2 Å². The Morgan fingerprint density at radius 3 is 1.90 bits per heavy atom. The fraction of sp³-hybridized carbons (Fsp3) is 0.467. The van der Waals surface area contributed by atoms with Crippen molar-refractivity contribution in [3.8, 4) is 23.3 Å². The van der Waals surface area contributed by atoms with Gasteiger partial charge in [0.2, 0.25) is 5.75 Å². The minimum absolute atomic E-state index is 0.0633. The maximum absolute atomic E-state index is 12.4. The summed E-state index contributed by atoms with van der Waals surface area (Å²) in [5.74, 6) is 0.210. The Morgan fingerprint density at radius 1 is 1.10 bits per heavy atom. The quantitative estimate of drug-likeness (QED) is 0.748. The van der Waals surface area contributed by atoms with Gasteiger partial charge in [-0.2, -0.15) is 5.26 Å². The molecule has 1 aromatic rings. The average molecular weight is 277 g/mol. The number of Topliss-reactive ketones (excluding diaryl/α,β-unsaturated/α-hetero) is 1. The van der Waals surface area contributed by atoms with Crippen molar-refractivity contribution in [2.24, 2.45) is 11.8 Å². The van der Waals surface area contributed by atoms with E-state index in [9.17, 15) is 4.79 Å². The van der Waals surface area contributed by atoms with E-state index in [1.807, 2.05) is 19.9 Å². The van der Waals surface area contributed by atoms with Gasteiger partial charge in [0.25, 0.3) is 0 Å². The Balaban J connectivity index is 3.33. The highest BCUT2D eigenvalue weighted by atomic mass is 16.5. The summed E-state index contributed by atoms with van der Waals surface area (Å²) in [6, 6.07) is 5.17. The molecule has 0 aliphatic carbocycles. The van der Waals surface area contributed by atoms with Crippen molar-refractivity contribution < 1.29 is 19.0 Å². The molecule has 5 nitrogen and oxygen atoms in total. The fourth-order valence-electron chi connectivity index (χ4n) is 1.91. The molecule has 0 aliphatic rings. The van der Waals surface area contributed by atoms with Gasteiger partial charge in [0.1, 0.15) is 5.92 Å². The first-order valence-corrected chi connectivity index (χ1v) is 6.23. The van der Waals surface area contributed by atoms with Crippen LogP contribution in [-0.2, 0) is 0 Å². The third kappa shape index (κ3) is 3.02. The summed E-state index contributed by atoms with van der Waals surface area (Å²) in [6.45, 7) is 3.67. The SMILES string of the molecule is COc1cc(C(=O)C(C#N)C(C)C)cc(OC)c1OC. The van der Waals surface area contributed by atoms with Crippen LogP contribution in [0.1, 0.15) is 24.2 Å². The second kappa shape index (κ2) is 6.80. The number of hydrogen-bond acceptors (Lipinski definition) is 5. The van der Waals surface area contributed by atoms with Gasteiger partial charge in [0.05, 0.1) is 27.4 Å². The van der Waals surface area contributed by atoms with E-state index in [2.05, 4.69) is 0 Å². The molecule has 108 valence electrons. The van der Waals surface area contributed by atoms with E-state index in [1.54, 1.807) is 12.1 Å². The highest BCUT2D eigenvalue weighted by molar-refractivity contribution is 6.00. The van der Waals surface area contributed by atoms with Crippen LogP contribution in [0.25, 0.3) is 0 Å². The van der Waals surface area contributed by atoms with Crippen molar-refractivity contribution in [2.75, 3.05) is 21.3 Å². The standard InChI is InChI=1S/C15H19NO4/c1-9(2)11(8-16)14(17)10-6-12(18-3)15(20-5)13(7-10)19-4/h6-7,9,11H,1-5H3. The predicted octanol–water partition coefficient (Wildman–Crippen LogP) is 2.69. The molecule has 1 atom stereocenters. The molecule has 0 saturated heterocycles. The molecule has 0 aromatic heterocycles. The van der Waals surface area contributed by atoms with Gasteiger partial charge in [0.15, 0.2) is 17.3 Å². The lowest BCUT2D eigenvalue weighted by molar-refractivity contribution is 0.0923. The molecule has 0 N–H and O–H groups in total. The molecule has 1 rings (SSSR count). The molecular weight excluding hydrogens is 258 g/mol. The van der Waals surface area contributed by atoms with E-state index in [4.69, 9.17) is 19.5 Å². The number of benzene rings is 1.